The van der Waals surface area contributed by atoms with E-state index in [-0.39, 0.29) is 0 Å². The van der Waals surface area contributed by atoms with E-state index in [2.05, 4.69) is 0 Å². The zero-order valence-corrected chi connectivity index (χ0v) is 27.1. The molecule has 42 heavy (non-hydrogen) atoms. The highest BCUT2D eigenvalue weighted by molar-refractivity contribution is 7.78. The lowest BCUT2D eigenvalue weighted by atomic mass is 10.2. The molecule has 0 amide bonds. The Morgan fingerprint density at radius 2 is 0.619 bits per heavy atom. The van der Waals surface area contributed by atoms with E-state index >= 15 is 0 Å². The molecule has 0 fully saturated rings. The van der Waals surface area contributed by atoms with Gasteiger partial charge in [0.15, 0.2) is 0 Å². The number of hydrogen-bond donors (Lipinski definition) is 0. The smallest absolute Gasteiger partial charge is 0.413 e. The number of aryl methyl sites for hydroxylation is 4. The Bertz CT molecular complexity index is 1570. The molecule has 0 bridgehead atoms. The van der Waals surface area contributed by atoms with Crippen molar-refractivity contribution in [1.82, 2.24) is 0 Å². The topological polar surface area (TPSA) is 92.5 Å². The summed E-state index contributed by atoms with van der Waals surface area (Å²) in [4.78, 5) is 0. The molecule has 0 saturated heterocycles. The van der Waals surface area contributed by atoms with Crippen LogP contribution in [0.1, 0.15) is 22.3 Å². The molecule has 220 valence electrons. The van der Waals surface area contributed by atoms with E-state index < -0.39 is 23.0 Å². The van der Waals surface area contributed by atoms with Crippen LogP contribution in [0.5, 0.6) is 23.0 Å². The lowest BCUT2D eigenvalue weighted by molar-refractivity contribution is 0.326. The van der Waals surface area contributed by atoms with Gasteiger partial charge in [0.1, 0.15) is 23.0 Å². The molecule has 4 aromatic carbocycles. The van der Waals surface area contributed by atoms with Crippen molar-refractivity contribution in [2.24, 2.45) is 13.5 Å². The van der Waals surface area contributed by atoms with Crippen LogP contribution in [0.15, 0.2) is 111 Å². The van der Waals surface area contributed by atoms with Crippen LogP contribution in [0.2, 0.25) is 0 Å². The highest BCUT2D eigenvalue weighted by atomic mass is 31.3. The molecule has 0 aromatic heterocycles. The molecular weight excluding hydrogens is 591 g/mol. The van der Waals surface area contributed by atoms with Crippen molar-refractivity contribution in [2.45, 2.75) is 27.7 Å². The van der Waals surface area contributed by atoms with Gasteiger partial charge >= 0.3 is 23.0 Å². The van der Waals surface area contributed by atoms with Crippen molar-refractivity contribution in [3.05, 3.63) is 119 Å². The first-order valence-corrected chi connectivity index (χ1v) is 17.8. The fourth-order valence-corrected chi connectivity index (χ4v) is 13.3. The van der Waals surface area contributed by atoms with Gasteiger partial charge in [-0.15, -0.1) is 9.03 Å². The lowest BCUT2D eigenvalue weighted by Crippen LogP contribution is -2.09. The Labute approximate surface area is 247 Å². The average Bonchev–Trinajstić information content (AvgIpc) is 2.98. The summed E-state index contributed by atoms with van der Waals surface area (Å²) in [6.07, 6.45) is 0. The predicted molar refractivity (Wildman–Crippen MR) is 169 cm³/mol. The van der Waals surface area contributed by atoms with E-state index in [1.165, 1.54) is 14.2 Å². The third-order valence-electron chi connectivity index (χ3n) is 6.40. The van der Waals surface area contributed by atoms with Gasteiger partial charge in [-0.1, -0.05) is 77.3 Å². The lowest BCUT2D eigenvalue weighted by Gasteiger charge is -2.33. The van der Waals surface area contributed by atoms with Gasteiger partial charge < -0.3 is 27.1 Å². The van der Waals surface area contributed by atoms with E-state index in [0.717, 1.165) is 22.3 Å². The van der Waals surface area contributed by atoms with E-state index in [9.17, 15) is 0 Å². The molecule has 9 nitrogen and oxygen atoms in total. The summed E-state index contributed by atoms with van der Waals surface area (Å²) >= 11 is 0. The maximum atomic E-state index is 6.71. The minimum absolute atomic E-state index is 0.545. The van der Waals surface area contributed by atoms with Gasteiger partial charge in [0.05, 0.1) is 0 Å². The zero-order valence-electron chi connectivity index (χ0n) is 24.4. The summed E-state index contributed by atoms with van der Waals surface area (Å²) in [6, 6.07) is 30.4. The van der Waals surface area contributed by atoms with Crippen molar-refractivity contribution >= 4 is 23.0 Å². The first kappa shape index (κ1) is 30.2. The van der Waals surface area contributed by atoms with Gasteiger partial charge in [0, 0.05) is 14.2 Å². The van der Waals surface area contributed by atoms with Gasteiger partial charge in [-0.25, -0.2) is 0 Å². The van der Waals surface area contributed by atoms with Crippen LogP contribution in [-0.2, 0) is 9.05 Å². The zero-order chi connectivity index (χ0) is 29.8. The summed E-state index contributed by atoms with van der Waals surface area (Å²) in [5.74, 6) is 2.18. The van der Waals surface area contributed by atoms with Gasteiger partial charge in [-0.05, 0) is 74.2 Å². The monoisotopic (exact) mass is 625 g/mol. The van der Waals surface area contributed by atoms with Crippen molar-refractivity contribution in [3.8, 4) is 23.0 Å². The van der Waals surface area contributed by atoms with E-state index in [1.807, 2.05) is 125 Å². The molecule has 1 aliphatic heterocycles. The summed E-state index contributed by atoms with van der Waals surface area (Å²) in [6.45, 7) is 7.77. The van der Waals surface area contributed by atoms with Crippen LogP contribution >= 0.6 is 23.0 Å². The molecule has 0 unspecified atom stereocenters. The average molecular weight is 626 g/mol. The fraction of sp³-hybridized carbons (Fsp3) is 0.200. The Morgan fingerprint density at radius 3 is 0.881 bits per heavy atom. The van der Waals surface area contributed by atoms with E-state index in [0.29, 0.717) is 23.0 Å². The molecule has 1 heterocycles. The summed E-state index contributed by atoms with van der Waals surface area (Å²) in [7, 11) is -7.90. The summed E-state index contributed by atoms with van der Waals surface area (Å²) in [5, 5.41) is 0. The Balaban J connectivity index is 1.85. The molecular formula is C30H34N3O6P3. The standard InChI is InChI=1S/C30H34N3O6P3/c1-23-15-7-11-19-27(23)36-41(37-28-20-12-8-16-24(28)2)31-40(34-5,35-6)32-42(33-41,38-29-21-13-9-17-25(29)3)39-30-22-14-10-18-26(30)4/h7-22H,1-6H3. The van der Waals surface area contributed by atoms with Crippen LogP contribution in [0, 0.1) is 27.7 Å². The molecule has 4 aromatic rings. The van der Waals surface area contributed by atoms with Crippen molar-refractivity contribution < 1.29 is 27.1 Å². The van der Waals surface area contributed by atoms with E-state index in [4.69, 9.17) is 40.7 Å². The fourth-order valence-electron chi connectivity index (χ4n) is 4.03. The molecule has 0 aliphatic carbocycles. The van der Waals surface area contributed by atoms with Crippen molar-refractivity contribution in [1.29, 1.82) is 0 Å². The van der Waals surface area contributed by atoms with Crippen LogP contribution in [0.4, 0.5) is 0 Å². The minimum Gasteiger partial charge on any atom is -0.413 e. The Kier molecular flexibility index (Phi) is 8.98. The molecule has 12 heteroatoms. The quantitative estimate of drug-likeness (QED) is 0.163. The molecule has 0 radical (unpaired) electrons. The summed E-state index contributed by atoms with van der Waals surface area (Å²) < 4.78 is 53.8. The van der Waals surface area contributed by atoms with Gasteiger partial charge in [0.2, 0.25) is 0 Å². The summed E-state index contributed by atoms with van der Waals surface area (Å²) in [5.41, 5.74) is 3.50. The van der Waals surface area contributed by atoms with Crippen molar-refractivity contribution in [3.63, 3.8) is 0 Å². The van der Waals surface area contributed by atoms with E-state index in [1.54, 1.807) is 0 Å². The molecule has 0 saturated carbocycles. The third kappa shape index (κ3) is 6.52. The van der Waals surface area contributed by atoms with Gasteiger partial charge in [-0.2, -0.15) is 0 Å². The second-order valence-electron chi connectivity index (χ2n) is 9.53. The second kappa shape index (κ2) is 12.5. The molecule has 0 spiro atoms. The number of nitrogens with zero attached hydrogens (tertiary/aromatic N) is 3. The largest absolute Gasteiger partial charge is 0.459 e. The highest BCUT2D eigenvalue weighted by Gasteiger charge is 2.46. The number of rotatable bonds is 10. The Morgan fingerprint density at radius 1 is 0.381 bits per heavy atom. The molecule has 5 rings (SSSR count). The van der Waals surface area contributed by atoms with Crippen molar-refractivity contribution in [2.75, 3.05) is 14.2 Å². The Hall–Kier alpha value is -3.31. The van der Waals surface area contributed by atoms with Crippen LogP contribution in [0.25, 0.3) is 0 Å². The first-order valence-electron chi connectivity index (χ1n) is 13.2. The second-order valence-corrected chi connectivity index (χ2v) is 16.1. The van der Waals surface area contributed by atoms with Gasteiger partial charge in [-0.3, -0.25) is 0 Å². The molecule has 0 atom stereocenters. The number of hydrogen-bond acceptors (Lipinski definition) is 9. The van der Waals surface area contributed by atoms with Crippen LogP contribution < -0.4 is 18.1 Å². The third-order valence-corrected chi connectivity index (χ3v) is 14.5. The van der Waals surface area contributed by atoms with Gasteiger partial charge in [0.25, 0.3) is 0 Å². The van der Waals surface area contributed by atoms with Crippen LogP contribution in [0.3, 0.4) is 0 Å². The minimum atomic E-state index is -3.71. The molecule has 1 aliphatic rings. The SMILES string of the molecule is COP1(OC)=NP(Oc2ccccc2C)(Oc2ccccc2C)=NP(Oc2ccccc2C)(Oc2ccccc2C)=N1. The maximum Gasteiger partial charge on any atom is 0.459 e. The highest BCUT2D eigenvalue weighted by Crippen LogP contribution is 2.79. The molecule has 0 N–H and O–H groups in total. The number of benzene rings is 4. The first-order chi connectivity index (χ1) is 20.2. The predicted octanol–water partition coefficient (Wildman–Crippen LogP) is 10.7. The van der Waals surface area contributed by atoms with Crippen LogP contribution in [-0.4, -0.2) is 14.2 Å². The maximum absolute atomic E-state index is 6.71. The normalized spacial score (nSPS) is 16.2. The number of para-hydroxylation sites is 4.